The van der Waals surface area contributed by atoms with E-state index in [0.717, 1.165) is 71.7 Å². The number of aromatic nitrogens is 3. The van der Waals surface area contributed by atoms with Crippen molar-refractivity contribution in [2.75, 3.05) is 52.4 Å². The van der Waals surface area contributed by atoms with E-state index in [9.17, 15) is 4.79 Å². The summed E-state index contributed by atoms with van der Waals surface area (Å²) in [6, 6.07) is 0. The van der Waals surface area contributed by atoms with E-state index in [4.69, 9.17) is 4.74 Å². The Labute approximate surface area is 149 Å². The molecule has 2 saturated heterocycles. The number of carbonyl (C=O) groups is 1. The molecule has 140 valence electrons. The summed E-state index contributed by atoms with van der Waals surface area (Å²) in [7, 11) is 0. The van der Waals surface area contributed by atoms with Crippen LogP contribution in [0.3, 0.4) is 0 Å². The topological polar surface area (TPSA) is 75.5 Å². The van der Waals surface area contributed by atoms with Crippen LogP contribution in [0.2, 0.25) is 0 Å². The first-order valence-corrected chi connectivity index (χ1v) is 9.50. The first kappa shape index (κ1) is 18.3. The number of likely N-dealkylation sites (tertiary alicyclic amines) is 1. The van der Waals surface area contributed by atoms with E-state index in [1.54, 1.807) is 10.9 Å². The van der Waals surface area contributed by atoms with Crippen molar-refractivity contribution in [2.24, 2.45) is 0 Å². The first-order valence-electron chi connectivity index (χ1n) is 9.50. The highest BCUT2D eigenvalue weighted by molar-refractivity contribution is 5.92. The molecule has 3 heterocycles. The Bertz CT molecular complexity index is 543. The van der Waals surface area contributed by atoms with Crippen LogP contribution in [-0.4, -0.2) is 89.2 Å². The zero-order valence-electron chi connectivity index (χ0n) is 15.2. The van der Waals surface area contributed by atoms with Gasteiger partial charge in [-0.1, -0.05) is 12.1 Å². The summed E-state index contributed by atoms with van der Waals surface area (Å²) < 4.78 is 7.60. The molecule has 1 amide bonds. The van der Waals surface area contributed by atoms with E-state index in [0.29, 0.717) is 12.2 Å². The van der Waals surface area contributed by atoms with Crippen molar-refractivity contribution in [3.05, 3.63) is 11.9 Å². The van der Waals surface area contributed by atoms with Crippen molar-refractivity contribution in [1.29, 1.82) is 0 Å². The van der Waals surface area contributed by atoms with Gasteiger partial charge in [-0.3, -0.25) is 14.4 Å². The Morgan fingerprint density at radius 2 is 2.16 bits per heavy atom. The molecular weight excluding hydrogens is 320 g/mol. The molecule has 2 aliphatic heterocycles. The Balaban J connectivity index is 1.49. The fourth-order valence-corrected chi connectivity index (χ4v) is 3.39. The Morgan fingerprint density at radius 3 is 2.96 bits per heavy atom. The first-order chi connectivity index (χ1) is 12.3. The van der Waals surface area contributed by atoms with Crippen LogP contribution in [0.5, 0.6) is 0 Å². The van der Waals surface area contributed by atoms with E-state index >= 15 is 0 Å². The number of carbonyl (C=O) groups excluding carboxylic acids is 1. The number of nitrogens with zero attached hydrogens (tertiary/aromatic N) is 5. The average Bonchev–Trinajstić information content (AvgIpc) is 3.14. The number of hydrogen-bond donors (Lipinski definition) is 1. The molecule has 2 fully saturated rings. The van der Waals surface area contributed by atoms with Gasteiger partial charge in [0.2, 0.25) is 0 Å². The highest BCUT2D eigenvalue weighted by Crippen LogP contribution is 2.15. The van der Waals surface area contributed by atoms with E-state index in [1.165, 1.54) is 0 Å². The SMILES string of the molecule is CCCOC1CCCN(C(=O)c2cn(CCN3CCNCC3)nn2)C1. The molecule has 1 N–H and O–H groups in total. The third kappa shape index (κ3) is 5.23. The number of hydrogen-bond acceptors (Lipinski definition) is 6. The second-order valence-electron chi connectivity index (χ2n) is 6.84. The Kier molecular flexibility index (Phi) is 6.77. The highest BCUT2D eigenvalue weighted by atomic mass is 16.5. The van der Waals surface area contributed by atoms with Gasteiger partial charge in [0.05, 0.1) is 18.8 Å². The molecular formula is C17H30N6O2. The Morgan fingerprint density at radius 1 is 1.32 bits per heavy atom. The number of piperazine rings is 1. The van der Waals surface area contributed by atoms with E-state index < -0.39 is 0 Å². The molecule has 0 aliphatic carbocycles. The van der Waals surface area contributed by atoms with Gasteiger partial charge in [-0.05, 0) is 19.3 Å². The molecule has 0 spiro atoms. The van der Waals surface area contributed by atoms with Crippen LogP contribution in [0.4, 0.5) is 0 Å². The highest BCUT2D eigenvalue weighted by Gasteiger charge is 2.26. The zero-order valence-corrected chi connectivity index (χ0v) is 15.2. The molecule has 0 radical (unpaired) electrons. The second kappa shape index (κ2) is 9.26. The van der Waals surface area contributed by atoms with Gasteiger partial charge in [-0.25, -0.2) is 0 Å². The van der Waals surface area contributed by atoms with Gasteiger partial charge in [0.1, 0.15) is 0 Å². The maximum Gasteiger partial charge on any atom is 0.276 e. The maximum atomic E-state index is 12.7. The van der Waals surface area contributed by atoms with Crippen molar-refractivity contribution in [1.82, 2.24) is 30.1 Å². The number of amides is 1. The average molecular weight is 350 g/mol. The minimum atomic E-state index is -0.0294. The summed E-state index contributed by atoms with van der Waals surface area (Å²) >= 11 is 0. The summed E-state index contributed by atoms with van der Waals surface area (Å²) in [4.78, 5) is 16.9. The summed E-state index contributed by atoms with van der Waals surface area (Å²) in [5.74, 6) is -0.0294. The van der Waals surface area contributed by atoms with Crippen molar-refractivity contribution in [3.63, 3.8) is 0 Å². The van der Waals surface area contributed by atoms with Gasteiger partial charge in [-0.15, -0.1) is 5.10 Å². The minimum Gasteiger partial charge on any atom is -0.376 e. The van der Waals surface area contributed by atoms with Gasteiger partial charge in [0, 0.05) is 52.4 Å². The fourth-order valence-electron chi connectivity index (χ4n) is 3.39. The molecule has 8 heteroatoms. The monoisotopic (exact) mass is 350 g/mol. The second-order valence-corrected chi connectivity index (χ2v) is 6.84. The standard InChI is InChI=1S/C17H30N6O2/c1-2-12-25-15-4-3-7-22(13-15)17(24)16-14-23(20-19-16)11-10-21-8-5-18-6-9-21/h14-15,18H,2-13H2,1H3. The predicted octanol–water partition coefficient (Wildman–Crippen LogP) is 0.215. The predicted molar refractivity (Wildman–Crippen MR) is 94.5 cm³/mol. The largest absolute Gasteiger partial charge is 0.376 e. The molecule has 2 aliphatic rings. The maximum absolute atomic E-state index is 12.7. The lowest BCUT2D eigenvalue weighted by Crippen LogP contribution is -2.44. The lowest BCUT2D eigenvalue weighted by molar-refractivity contribution is 0.00192. The van der Waals surface area contributed by atoms with Crippen molar-refractivity contribution in [3.8, 4) is 0 Å². The third-order valence-electron chi connectivity index (χ3n) is 4.84. The molecule has 0 saturated carbocycles. The van der Waals surface area contributed by atoms with Crippen molar-refractivity contribution < 1.29 is 9.53 Å². The fraction of sp³-hybridized carbons (Fsp3) is 0.824. The lowest BCUT2D eigenvalue weighted by Gasteiger charge is -2.32. The van der Waals surface area contributed by atoms with Crippen LogP contribution in [0.1, 0.15) is 36.7 Å². The van der Waals surface area contributed by atoms with Gasteiger partial charge in [0.15, 0.2) is 5.69 Å². The summed E-state index contributed by atoms with van der Waals surface area (Å²) in [5, 5.41) is 11.6. The molecule has 1 aromatic rings. The minimum absolute atomic E-state index is 0.0294. The Hall–Kier alpha value is -1.51. The lowest BCUT2D eigenvalue weighted by atomic mass is 10.1. The van der Waals surface area contributed by atoms with Crippen LogP contribution in [0, 0.1) is 0 Å². The van der Waals surface area contributed by atoms with Crippen LogP contribution in [0.15, 0.2) is 6.20 Å². The van der Waals surface area contributed by atoms with Crippen molar-refractivity contribution in [2.45, 2.75) is 38.8 Å². The molecule has 1 unspecified atom stereocenters. The molecule has 0 aromatic carbocycles. The molecule has 25 heavy (non-hydrogen) atoms. The molecule has 3 rings (SSSR count). The van der Waals surface area contributed by atoms with Gasteiger partial charge in [-0.2, -0.15) is 0 Å². The van der Waals surface area contributed by atoms with E-state index in [-0.39, 0.29) is 12.0 Å². The van der Waals surface area contributed by atoms with Crippen LogP contribution in [-0.2, 0) is 11.3 Å². The van der Waals surface area contributed by atoms with E-state index in [2.05, 4.69) is 27.5 Å². The quantitative estimate of drug-likeness (QED) is 0.758. The van der Waals surface area contributed by atoms with Crippen LogP contribution < -0.4 is 5.32 Å². The summed E-state index contributed by atoms with van der Waals surface area (Å²) in [6.07, 6.45) is 4.95. The summed E-state index contributed by atoms with van der Waals surface area (Å²) in [6.45, 7) is 10.2. The van der Waals surface area contributed by atoms with Gasteiger partial charge in [0.25, 0.3) is 5.91 Å². The molecule has 1 aromatic heterocycles. The summed E-state index contributed by atoms with van der Waals surface area (Å²) in [5.41, 5.74) is 0.441. The van der Waals surface area contributed by atoms with E-state index in [1.807, 2.05) is 4.90 Å². The number of nitrogens with one attached hydrogen (secondary N) is 1. The number of ether oxygens (including phenoxy) is 1. The molecule has 8 nitrogen and oxygen atoms in total. The smallest absolute Gasteiger partial charge is 0.276 e. The van der Waals surface area contributed by atoms with Crippen LogP contribution in [0.25, 0.3) is 0 Å². The molecule has 1 atom stereocenters. The van der Waals surface area contributed by atoms with Gasteiger partial charge < -0.3 is 15.0 Å². The van der Waals surface area contributed by atoms with Crippen molar-refractivity contribution >= 4 is 5.91 Å². The third-order valence-corrected chi connectivity index (χ3v) is 4.84. The van der Waals surface area contributed by atoms with Crippen LogP contribution >= 0.6 is 0 Å². The number of rotatable bonds is 7. The normalized spacial score (nSPS) is 22.3. The zero-order chi connectivity index (χ0) is 17.5. The molecule has 0 bridgehead atoms. The number of piperidine rings is 1. The van der Waals surface area contributed by atoms with Gasteiger partial charge >= 0.3 is 0 Å².